The summed E-state index contributed by atoms with van der Waals surface area (Å²) in [5, 5.41) is 25.2. The van der Waals surface area contributed by atoms with Crippen LogP contribution in [0, 0.1) is 34.5 Å². The fraction of sp³-hybridized carbons (Fsp3) is 0.958. The summed E-state index contributed by atoms with van der Waals surface area (Å²) in [6.45, 7) is 0.510. The lowest BCUT2D eigenvalue weighted by Gasteiger charge is -2.65. The Kier molecular flexibility index (Phi) is 4.61. The molecule has 13 unspecified atom stereocenters. The molecule has 2 N–H and O–H groups in total. The molecule has 8 heteroatoms. The molecule has 0 amide bonds. The molecule has 1 aliphatic heterocycles. The molecule has 0 aromatic carbocycles. The number of methoxy groups -OCH3 is 5. The number of ether oxygens (including phenoxy) is 5. The molecule has 0 saturated heterocycles. The maximum Gasteiger partial charge on any atom is 0.143 e. The average molecular weight is 452 g/mol. The molecule has 8 nitrogen and oxygen atoms in total. The zero-order valence-electron chi connectivity index (χ0n) is 19.7. The van der Waals surface area contributed by atoms with Gasteiger partial charge < -0.3 is 33.9 Å². The SMILES string of the molecule is COCC12C=NC3C4(C(OC)CC1)C1CC5C(OC)CC(O)(C1C5OC)C3(O)C(OC)C24. The molecule has 6 aliphatic rings. The van der Waals surface area contributed by atoms with Crippen LogP contribution in [0.1, 0.15) is 25.7 Å². The minimum absolute atomic E-state index is 0.0666. The van der Waals surface area contributed by atoms with Gasteiger partial charge in [-0.2, -0.15) is 0 Å². The highest BCUT2D eigenvalue weighted by atomic mass is 16.5. The largest absolute Gasteiger partial charge is 0.386 e. The predicted octanol–water partition coefficient (Wildman–Crippen LogP) is 0.674. The third-order valence-electron chi connectivity index (χ3n) is 10.8. The van der Waals surface area contributed by atoms with Crippen molar-refractivity contribution in [2.24, 2.45) is 39.5 Å². The Bertz CT molecular complexity index is 824. The molecule has 180 valence electrons. The van der Waals surface area contributed by atoms with Crippen molar-refractivity contribution in [2.45, 2.75) is 67.3 Å². The van der Waals surface area contributed by atoms with Gasteiger partial charge in [0.05, 0.1) is 37.1 Å². The van der Waals surface area contributed by atoms with Gasteiger partial charge in [-0.3, -0.25) is 4.99 Å². The smallest absolute Gasteiger partial charge is 0.143 e. The molecule has 7 bridgehead atoms. The fourth-order valence-corrected chi connectivity index (χ4v) is 10.2. The Morgan fingerprint density at radius 1 is 1.03 bits per heavy atom. The molecule has 6 rings (SSSR count). The lowest BCUT2D eigenvalue weighted by Crippen LogP contribution is -2.77. The van der Waals surface area contributed by atoms with E-state index in [9.17, 15) is 10.2 Å². The van der Waals surface area contributed by atoms with Crippen LogP contribution in [0.15, 0.2) is 4.99 Å². The fourth-order valence-electron chi connectivity index (χ4n) is 10.2. The van der Waals surface area contributed by atoms with Crippen molar-refractivity contribution < 1.29 is 33.9 Å². The lowest BCUT2D eigenvalue weighted by atomic mass is 9.44. The molecule has 32 heavy (non-hydrogen) atoms. The van der Waals surface area contributed by atoms with E-state index < -0.39 is 28.8 Å². The van der Waals surface area contributed by atoms with Gasteiger partial charge in [-0.1, -0.05) is 0 Å². The highest BCUT2D eigenvalue weighted by molar-refractivity contribution is 5.72. The third kappa shape index (κ3) is 1.98. The molecule has 13 atom stereocenters. The highest BCUT2D eigenvalue weighted by Gasteiger charge is 2.90. The normalized spacial score (nSPS) is 61.3. The monoisotopic (exact) mass is 451 g/mol. The van der Waals surface area contributed by atoms with Crippen molar-refractivity contribution in [2.75, 3.05) is 42.2 Å². The molecule has 0 radical (unpaired) electrons. The van der Waals surface area contributed by atoms with Crippen LogP contribution in [0.5, 0.6) is 0 Å². The van der Waals surface area contributed by atoms with Crippen molar-refractivity contribution in [3.8, 4) is 0 Å². The Balaban J connectivity index is 1.65. The zero-order chi connectivity index (χ0) is 22.7. The van der Waals surface area contributed by atoms with Gasteiger partial charge in [-0.15, -0.1) is 0 Å². The summed E-state index contributed by atoms with van der Waals surface area (Å²) in [6.07, 6.45) is 3.90. The standard InChI is InChI=1S/C24H37NO7/c1-28-11-21-7-6-15(30-3)23-13-8-12-14(29-2)9-22(26,16(13)17(12)31-4)24(27,20(23)25-10-21)19(32-5)18(21)23/h10,12-20,26-27H,6-9,11H2,1-5H3. The Hall–Kier alpha value is -0.610. The topological polar surface area (TPSA) is 99.0 Å². The van der Waals surface area contributed by atoms with Crippen molar-refractivity contribution in [3.05, 3.63) is 0 Å². The van der Waals surface area contributed by atoms with Crippen molar-refractivity contribution in [1.82, 2.24) is 0 Å². The van der Waals surface area contributed by atoms with Crippen LogP contribution < -0.4 is 0 Å². The summed E-state index contributed by atoms with van der Waals surface area (Å²) < 4.78 is 30.1. The summed E-state index contributed by atoms with van der Waals surface area (Å²) in [4.78, 5) is 5.08. The van der Waals surface area contributed by atoms with E-state index in [1.54, 1.807) is 35.5 Å². The molecule has 5 fully saturated rings. The summed E-state index contributed by atoms with van der Waals surface area (Å²) in [6, 6.07) is -0.502. The summed E-state index contributed by atoms with van der Waals surface area (Å²) in [5.41, 5.74) is -3.81. The summed E-state index contributed by atoms with van der Waals surface area (Å²) in [7, 11) is 8.55. The first-order valence-electron chi connectivity index (χ1n) is 11.9. The first-order valence-corrected chi connectivity index (χ1v) is 11.9. The Morgan fingerprint density at radius 2 is 1.81 bits per heavy atom. The Morgan fingerprint density at radius 3 is 2.44 bits per heavy atom. The van der Waals surface area contributed by atoms with Crippen LogP contribution in [-0.4, -0.2) is 100 Å². The van der Waals surface area contributed by atoms with Crippen molar-refractivity contribution >= 4 is 6.21 Å². The number of nitrogens with zero attached hydrogens (tertiary/aromatic N) is 1. The second kappa shape index (κ2) is 6.74. The highest BCUT2D eigenvalue weighted by Crippen LogP contribution is 2.79. The second-order valence-electron chi connectivity index (χ2n) is 11.2. The van der Waals surface area contributed by atoms with Crippen molar-refractivity contribution in [3.63, 3.8) is 0 Å². The maximum atomic E-state index is 12.7. The number of rotatable bonds is 6. The van der Waals surface area contributed by atoms with Crippen LogP contribution in [-0.2, 0) is 23.7 Å². The average Bonchev–Trinajstić information content (AvgIpc) is 3.18. The van der Waals surface area contributed by atoms with E-state index in [1.807, 2.05) is 6.21 Å². The van der Waals surface area contributed by atoms with E-state index in [0.717, 1.165) is 19.3 Å². The molecule has 0 aromatic rings. The number of hydrogen-bond donors (Lipinski definition) is 2. The predicted molar refractivity (Wildman–Crippen MR) is 115 cm³/mol. The van der Waals surface area contributed by atoms with Gasteiger partial charge in [0.2, 0.25) is 0 Å². The molecule has 0 aromatic heterocycles. The van der Waals surface area contributed by atoms with Crippen LogP contribution in [0.25, 0.3) is 0 Å². The van der Waals surface area contributed by atoms with E-state index in [2.05, 4.69) is 0 Å². The van der Waals surface area contributed by atoms with E-state index >= 15 is 0 Å². The molecule has 5 aliphatic carbocycles. The van der Waals surface area contributed by atoms with Gasteiger partial charge in [0.1, 0.15) is 11.2 Å². The first kappa shape index (κ1) is 21.9. The molecular formula is C24H37NO7. The molecular weight excluding hydrogens is 414 g/mol. The van der Waals surface area contributed by atoms with Gasteiger partial charge in [0.15, 0.2) is 0 Å². The number of aliphatic imine (C=N–C) groups is 1. The molecule has 1 heterocycles. The van der Waals surface area contributed by atoms with Gasteiger partial charge >= 0.3 is 0 Å². The number of aliphatic hydroxyl groups is 2. The van der Waals surface area contributed by atoms with E-state index in [0.29, 0.717) is 13.0 Å². The van der Waals surface area contributed by atoms with E-state index in [4.69, 9.17) is 28.7 Å². The third-order valence-corrected chi connectivity index (χ3v) is 10.8. The number of fused-ring (bicyclic) bond motifs is 2. The van der Waals surface area contributed by atoms with Gasteiger partial charge in [0, 0.05) is 76.8 Å². The first-order chi connectivity index (χ1) is 15.4. The number of hydrogen-bond acceptors (Lipinski definition) is 8. The minimum atomic E-state index is -1.57. The van der Waals surface area contributed by atoms with E-state index in [1.165, 1.54) is 0 Å². The Labute approximate surface area is 189 Å². The van der Waals surface area contributed by atoms with Crippen LogP contribution in [0.2, 0.25) is 0 Å². The quantitative estimate of drug-likeness (QED) is 0.613. The van der Waals surface area contributed by atoms with E-state index in [-0.39, 0.29) is 47.4 Å². The summed E-state index contributed by atoms with van der Waals surface area (Å²) in [5.74, 6) is -0.0448. The van der Waals surface area contributed by atoms with Crippen LogP contribution >= 0.6 is 0 Å². The van der Waals surface area contributed by atoms with Gasteiger partial charge in [0.25, 0.3) is 0 Å². The van der Waals surface area contributed by atoms with Crippen molar-refractivity contribution in [1.29, 1.82) is 0 Å². The van der Waals surface area contributed by atoms with Crippen LogP contribution in [0.3, 0.4) is 0 Å². The second-order valence-corrected chi connectivity index (χ2v) is 11.2. The maximum absolute atomic E-state index is 12.7. The molecule has 5 saturated carbocycles. The zero-order valence-corrected chi connectivity index (χ0v) is 19.7. The minimum Gasteiger partial charge on any atom is -0.386 e. The summed E-state index contributed by atoms with van der Waals surface area (Å²) >= 11 is 0. The van der Waals surface area contributed by atoms with Gasteiger partial charge in [-0.05, 0) is 25.2 Å². The molecule has 1 spiro atoms. The van der Waals surface area contributed by atoms with Gasteiger partial charge in [-0.25, -0.2) is 0 Å². The lowest BCUT2D eigenvalue weighted by molar-refractivity contribution is -0.293. The van der Waals surface area contributed by atoms with Crippen LogP contribution in [0.4, 0.5) is 0 Å².